The Bertz CT molecular complexity index is 833. The van der Waals surface area contributed by atoms with Crippen molar-refractivity contribution in [1.82, 2.24) is 24.5 Å². The molecule has 0 bridgehead atoms. The molecule has 0 unspecified atom stereocenters. The number of aromatic nitrogens is 5. The fraction of sp³-hybridized carbons (Fsp3) is 0.250. The van der Waals surface area contributed by atoms with Crippen molar-refractivity contribution in [2.45, 2.75) is 19.4 Å². The largest absolute Gasteiger partial charge is 0.348 e. The van der Waals surface area contributed by atoms with E-state index < -0.39 is 0 Å². The number of halogens is 2. The molecule has 6 nitrogen and oxygen atoms in total. The van der Waals surface area contributed by atoms with Gasteiger partial charge in [0.15, 0.2) is 0 Å². The average molecular weight is 347 g/mol. The van der Waals surface area contributed by atoms with Crippen LogP contribution in [0.25, 0.3) is 0 Å². The van der Waals surface area contributed by atoms with E-state index in [1.54, 1.807) is 18.5 Å². The van der Waals surface area contributed by atoms with Crippen molar-refractivity contribution < 1.29 is 4.39 Å². The first-order valence-electron chi connectivity index (χ1n) is 7.39. The van der Waals surface area contributed by atoms with E-state index in [9.17, 15) is 4.39 Å². The second-order valence-corrected chi connectivity index (χ2v) is 5.81. The van der Waals surface area contributed by atoms with Gasteiger partial charge < -0.3 is 9.88 Å². The fourth-order valence-corrected chi connectivity index (χ4v) is 2.46. The summed E-state index contributed by atoms with van der Waals surface area (Å²) < 4.78 is 14.9. The first-order chi connectivity index (χ1) is 11.5. The number of anilines is 1. The number of hydrogen-bond acceptors (Lipinski definition) is 5. The molecule has 0 aliphatic rings. The predicted molar refractivity (Wildman–Crippen MR) is 89.3 cm³/mol. The van der Waals surface area contributed by atoms with Crippen LogP contribution in [-0.4, -0.2) is 24.5 Å². The van der Waals surface area contributed by atoms with Gasteiger partial charge in [0.25, 0.3) is 0 Å². The maximum absolute atomic E-state index is 13.0. The van der Waals surface area contributed by atoms with E-state index in [1.807, 2.05) is 24.7 Å². The van der Waals surface area contributed by atoms with Crippen LogP contribution in [0.3, 0.4) is 0 Å². The molecule has 2 aromatic heterocycles. The maximum Gasteiger partial charge on any atom is 0.227 e. The van der Waals surface area contributed by atoms with E-state index in [-0.39, 0.29) is 17.1 Å². The molecular formula is C16H16ClFN6. The third kappa shape index (κ3) is 4.05. The van der Waals surface area contributed by atoms with E-state index in [1.165, 1.54) is 12.1 Å². The standard InChI is InChI=1S/C16H16ClFN6/c1-10(11-3-5-12(18)6-4-11)20-16-22-14(21-15(17)23-16)7-13-8-24(2)9-19-13/h3-6,8-10H,7H2,1-2H3,(H,20,21,22,23)/t10-/m0/s1. The molecular weight excluding hydrogens is 331 g/mol. The Morgan fingerprint density at radius 1 is 1.21 bits per heavy atom. The Balaban J connectivity index is 1.76. The summed E-state index contributed by atoms with van der Waals surface area (Å²) in [7, 11) is 1.90. The minimum absolute atomic E-state index is 0.105. The van der Waals surface area contributed by atoms with E-state index in [2.05, 4.69) is 25.3 Å². The summed E-state index contributed by atoms with van der Waals surface area (Å²) in [6, 6.07) is 6.16. The third-order valence-corrected chi connectivity index (χ3v) is 3.64. The van der Waals surface area contributed by atoms with Gasteiger partial charge in [-0.2, -0.15) is 9.97 Å². The van der Waals surface area contributed by atoms with Crippen LogP contribution in [0, 0.1) is 5.82 Å². The van der Waals surface area contributed by atoms with Gasteiger partial charge in [-0.15, -0.1) is 0 Å². The van der Waals surface area contributed by atoms with Crippen molar-refractivity contribution in [1.29, 1.82) is 0 Å². The number of imidazole rings is 1. The molecule has 0 saturated heterocycles. The molecule has 3 aromatic rings. The molecule has 0 radical (unpaired) electrons. The Morgan fingerprint density at radius 2 is 1.96 bits per heavy atom. The molecule has 3 rings (SSSR count). The number of rotatable bonds is 5. The second-order valence-electron chi connectivity index (χ2n) is 5.47. The lowest BCUT2D eigenvalue weighted by molar-refractivity contribution is 0.626. The normalized spacial score (nSPS) is 12.2. The van der Waals surface area contributed by atoms with Gasteiger partial charge in [0, 0.05) is 13.2 Å². The van der Waals surface area contributed by atoms with Gasteiger partial charge in [-0.05, 0) is 36.2 Å². The molecule has 0 aliphatic carbocycles. The van der Waals surface area contributed by atoms with Crippen LogP contribution < -0.4 is 5.32 Å². The van der Waals surface area contributed by atoms with Crippen LogP contribution in [0.2, 0.25) is 5.28 Å². The highest BCUT2D eigenvalue weighted by Crippen LogP contribution is 2.18. The minimum Gasteiger partial charge on any atom is -0.348 e. The van der Waals surface area contributed by atoms with Crippen molar-refractivity contribution in [2.24, 2.45) is 7.05 Å². The highest BCUT2D eigenvalue weighted by molar-refractivity contribution is 6.28. The smallest absolute Gasteiger partial charge is 0.227 e. The van der Waals surface area contributed by atoms with Gasteiger partial charge in [0.2, 0.25) is 11.2 Å². The summed E-state index contributed by atoms with van der Waals surface area (Å²) in [5, 5.41) is 3.27. The van der Waals surface area contributed by atoms with Crippen molar-refractivity contribution in [2.75, 3.05) is 5.32 Å². The Morgan fingerprint density at radius 3 is 2.62 bits per heavy atom. The molecule has 24 heavy (non-hydrogen) atoms. The molecule has 1 atom stereocenters. The summed E-state index contributed by atoms with van der Waals surface area (Å²) in [4.78, 5) is 16.9. The highest BCUT2D eigenvalue weighted by Gasteiger charge is 2.11. The second kappa shape index (κ2) is 6.92. The van der Waals surface area contributed by atoms with Gasteiger partial charge in [0.05, 0.1) is 24.5 Å². The van der Waals surface area contributed by atoms with E-state index in [4.69, 9.17) is 11.6 Å². The maximum atomic E-state index is 13.0. The summed E-state index contributed by atoms with van der Waals surface area (Å²) in [6.45, 7) is 1.93. The minimum atomic E-state index is -0.271. The van der Waals surface area contributed by atoms with Crippen molar-refractivity contribution in [3.63, 3.8) is 0 Å². The molecule has 0 spiro atoms. The van der Waals surface area contributed by atoms with Gasteiger partial charge in [-0.1, -0.05) is 12.1 Å². The van der Waals surface area contributed by atoms with Gasteiger partial charge in [-0.25, -0.2) is 14.4 Å². The van der Waals surface area contributed by atoms with Crippen LogP contribution in [0.1, 0.15) is 30.0 Å². The highest BCUT2D eigenvalue weighted by atomic mass is 35.5. The molecule has 124 valence electrons. The van der Waals surface area contributed by atoms with Crippen LogP contribution in [0.4, 0.5) is 10.3 Å². The van der Waals surface area contributed by atoms with E-state index >= 15 is 0 Å². The summed E-state index contributed by atoms with van der Waals surface area (Å²) >= 11 is 5.99. The lowest BCUT2D eigenvalue weighted by Gasteiger charge is -2.14. The SMILES string of the molecule is C[C@H](Nc1nc(Cl)nc(Cc2cn(C)cn2)n1)c1ccc(F)cc1. The quantitative estimate of drug-likeness (QED) is 0.768. The van der Waals surface area contributed by atoms with Crippen LogP contribution in [-0.2, 0) is 13.5 Å². The molecule has 1 N–H and O–H groups in total. The van der Waals surface area contributed by atoms with Crippen LogP contribution in [0.5, 0.6) is 0 Å². The zero-order valence-corrected chi connectivity index (χ0v) is 14.0. The van der Waals surface area contributed by atoms with E-state index in [0.29, 0.717) is 18.2 Å². The number of nitrogens with one attached hydrogen (secondary N) is 1. The topological polar surface area (TPSA) is 68.5 Å². The lowest BCUT2D eigenvalue weighted by Crippen LogP contribution is -2.12. The average Bonchev–Trinajstić information content (AvgIpc) is 2.92. The fourth-order valence-electron chi connectivity index (χ4n) is 2.28. The summed E-state index contributed by atoms with van der Waals surface area (Å²) in [5.74, 6) is 0.632. The number of hydrogen-bond donors (Lipinski definition) is 1. The lowest BCUT2D eigenvalue weighted by atomic mass is 10.1. The number of nitrogens with zero attached hydrogens (tertiary/aromatic N) is 5. The summed E-state index contributed by atoms with van der Waals surface area (Å²) in [5.41, 5.74) is 1.76. The van der Waals surface area contributed by atoms with Gasteiger partial charge in [0.1, 0.15) is 11.6 Å². The number of benzene rings is 1. The van der Waals surface area contributed by atoms with Gasteiger partial charge in [-0.3, -0.25) is 0 Å². The van der Waals surface area contributed by atoms with Crippen molar-refractivity contribution in [3.05, 3.63) is 65.0 Å². The zero-order chi connectivity index (χ0) is 17.1. The molecule has 0 aliphatic heterocycles. The monoisotopic (exact) mass is 346 g/mol. The summed E-state index contributed by atoms with van der Waals surface area (Å²) in [6.07, 6.45) is 4.07. The number of aryl methyl sites for hydroxylation is 1. The Labute approximate surface area is 143 Å². The molecule has 1 aromatic carbocycles. The molecule has 8 heteroatoms. The Kier molecular flexibility index (Phi) is 4.71. The molecule has 0 saturated carbocycles. The van der Waals surface area contributed by atoms with Crippen LogP contribution in [0.15, 0.2) is 36.8 Å². The molecule has 2 heterocycles. The first-order valence-corrected chi connectivity index (χ1v) is 7.76. The zero-order valence-electron chi connectivity index (χ0n) is 13.2. The van der Waals surface area contributed by atoms with Crippen molar-refractivity contribution >= 4 is 17.5 Å². The third-order valence-electron chi connectivity index (χ3n) is 3.47. The first kappa shape index (κ1) is 16.3. The predicted octanol–water partition coefficient (Wildman–Crippen LogP) is 3.16. The van der Waals surface area contributed by atoms with Gasteiger partial charge >= 0.3 is 0 Å². The molecule has 0 amide bonds. The van der Waals surface area contributed by atoms with E-state index in [0.717, 1.165) is 11.3 Å². The van der Waals surface area contributed by atoms with Crippen LogP contribution >= 0.6 is 11.6 Å². The Hall–Kier alpha value is -2.54. The van der Waals surface area contributed by atoms with Crippen molar-refractivity contribution in [3.8, 4) is 0 Å². The molecule has 0 fully saturated rings.